The Labute approximate surface area is 90.1 Å². The molecule has 0 heterocycles. The van der Waals surface area contributed by atoms with E-state index in [0.717, 1.165) is 6.42 Å². The first-order chi connectivity index (χ1) is 5.09. The third-order valence-corrected chi connectivity index (χ3v) is 1.44. The summed E-state index contributed by atoms with van der Waals surface area (Å²) in [6.07, 6.45) is 1.68. The van der Waals surface area contributed by atoms with Crippen molar-refractivity contribution in [2.75, 3.05) is 0 Å². The summed E-state index contributed by atoms with van der Waals surface area (Å²) < 4.78 is 0. The van der Waals surface area contributed by atoms with Gasteiger partial charge in [0.15, 0.2) is 5.92 Å². The molecule has 0 saturated carbocycles. The normalized spacial score (nSPS) is 9.17. The Hall–Kier alpha value is -0.177. The Balaban J connectivity index is 0. The van der Waals surface area contributed by atoms with Crippen LogP contribution < -0.4 is 0 Å². The van der Waals surface area contributed by atoms with Crippen LogP contribution in [0.1, 0.15) is 26.2 Å². The molecule has 5 heteroatoms. The first kappa shape index (κ1) is 14.4. The third kappa shape index (κ3) is 5.47. The number of aliphatic carboxylic acids is 2. The molecule has 0 aliphatic carbocycles. The standard InChI is InChI=1S/C7H12O4.Zr/c1-2-3-4-5(6(8)9)7(10)11;/h5H,2-4H2,1H3,(H,8,9)(H,10,11);. The van der Waals surface area contributed by atoms with Crippen LogP contribution in [-0.2, 0) is 35.8 Å². The molecule has 0 spiro atoms. The second-order valence-electron chi connectivity index (χ2n) is 2.37. The molecule has 0 aliphatic heterocycles. The maximum Gasteiger partial charge on any atom is 0.317 e. The minimum atomic E-state index is -1.24. The van der Waals surface area contributed by atoms with Crippen LogP contribution >= 0.6 is 0 Å². The Morgan fingerprint density at radius 3 is 1.92 bits per heavy atom. The van der Waals surface area contributed by atoms with E-state index in [1.54, 1.807) is 0 Å². The van der Waals surface area contributed by atoms with Gasteiger partial charge < -0.3 is 10.2 Å². The van der Waals surface area contributed by atoms with Crippen molar-refractivity contribution in [3.05, 3.63) is 0 Å². The number of hydrogen-bond donors (Lipinski definition) is 2. The van der Waals surface area contributed by atoms with Crippen LogP contribution in [0.3, 0.4) is 0 Å². The zero-order valence-electron chi connectivity index (χ0n) is 6.91. The zero-order chi connectivity index (χ0) is 8.85. The van der Waals surface area contributed by atoms with Crippen molar-refractivity contribution < 1.29 is 46.0 Å². The van der Waals surface area contributed by atoms with Crippen LogP contribution in [0.25, 0.3) is 0 Å². The van der Waals surface area contributed by atoms with Gasteiger partial charge in [-0.2, -0.15) is 0 Å². The molecule has 0 saturated heterocycles. The van der Waals surface area contributed by atoms with Crippen molar-refractivity contribution in [2.24, 2.45) is 5.92 Å². The summed E-state index contributed by atoms with van der Waals surface area (Å²) in [5, 5.41) is 16.8. The van der Waals surface area contributed by atoms with Gasteiger partial charge in [-0.15, -0.1) is 0 Å². The molecule has 0 amide bonds. The second kappa shape index (κ2) is 7.47. The van der Waals surface area contributed by atoms with Gasteiger partial charge >= 0.3 is 11.9 Å². The van der Waals surface area contributed by atoms with Crippen LogP contribution in [-0.4, -0.2) is 22.2 Å². The summed E-state index contributed by atoms with van der Waals surface area (Å²) in [5.74, 6) is -3.72. The molecule has 12 heavy (non-hydrogen) atoms. The maximum absolute atomic E-state index is 10.3. The number of hydrogen-bond acceptors (Lipinski definition) is 2. The minimum Gasteiger partial charge on any atom is -0.481 e. The molecule has 0 bridgehead atoms. The summed E-state index contributed by atoms with van der Waals surface area (Å²) in [4.78, 5) is 20.5. The Bertz CT molecular complexity index is 143. The molecule has 68 valence electrons. The fraction of sp³-hybridized carbons (Fsp3) is 0.714. The van der Waals surface area contributed by atoms with Crippen LogP contribution in [0.15, 0.2) is 0 Å². The Morgan fingerprint density at radius 2 is 1.67 bits per heavy atom. The van der Waals surface area contributed by atoms with Gasteiger partial charge in [0.2, 0.25) is 0 Å². The number of rotatable bonds is 5. The van der Waals surface area contributed by atoms with Crippen LogP contribution in [0.4, 0.5) is 0 Å². The van der Waals surface area contributed by atoms with Gasteiger partial charge in [-0.05, 0) is 6.42 Å². The van der Waals surface area contributed by atoms with Crippen molar-refractivity contribution >= 4 is 11.9 Å². The molecule has 4 nitrogen and oxygen atoms in total. The first-order valence-electron chi connectivity index (χ1n) is 3.55. The maximum atomic E-state index is 10.3. The van der Waals surface area contributed by atoms with Gasteiger partial charge in [-0.25, -0.2) is 0 Å². The molecule has 0 atom stereocenters. The fourth-order valence-corrected chi connectivity index (χ4v) is 0.761. The van der Waals surface area contributed by atoms with Crippen molar-refractivity contribution in [3.8, 4) is 0 Å². The van der Waals surface area contributed by atoms with E-state index < -0.39 is 17.9 Å². The van der Waals surface area contributed by atoms with E-state index >= 15 is 0 Å². The molecular weight excluding hydrogens is 239 g/mol. The van der Waals surface area contributed by atoms with Crippen molar-refractivity contribution in [3.63, 3.8) is 0 Å². The summed E-state index contributed by atoms with van der Waals surface area (Å²) in [7, 11) is 0. The van der Waals surface area contributed by atoms with E-state index in [-0.39, 0.29) is 32.6 Å². The van der Waals surface area contributed by atoms with E-state index in [1.807, 2.05) is 6.92 Å². The molecule has 0 aromatic rings. The van der Waals surface area contributed by atoms with Crippen LogP contribution in [0.5, 0.6) is 0 Å². The first-order valence-corrected chi connectivity index (χ1v) is 3.55. The van der Waals surface area contributed by atoms with Gasteiger partial charge in [0.1, 0.15) is 0 Å². The van der Waals surface area contributed by atoms with E-state index in [2.05, 4.69) is 0 Å². The minimum absolute atomic E-state index is 0. The van der Waals surface area contributed by atoms with Gasteiger partial charge in [0, 0.05) is 26.2 Å². The summed E-state index contributed by atoms with van der Waals surface area (Å²) in [6, 6.07) is 0. The molecule has 0 radical (unpaired) electrons. The summed E-state index contributed by atoms with van der Waals surface area (Å²) in [6.45, 7) is 1.89. The average Bonchev–Trinajstić information content (AvgIpc) is 1.87. The predicted molar refractivity (Wildman–Crippen MR) is 38.3 cm³/mol. The number of unbranched alkanes of at least 4 members (excludes halogenated alkanes) is 1. The number of carbonyl (C=O) groups is 2. The third-order valence-electron chi connectivity index (χ3n) is 1.44. The van der Waals surface area contributed by atoms with Gasteiger partial charge in [0.05, 0.1) is 0 Å². The molecule has 2 N–H and O–H groups in total. The van der Waals surface area contributed by atoms with Crippen molar-refractivity contribution in [1.29, 1.82) is 0 Å². The Kier molecular flexibility index (Phi) is 8.94. The molecule has 0 aromatic carbocycles. The van der Waals surface area contributed by atoms with Crippen molar-refractivity contribution in [2.45, 2.75) is 26.2 Å². The molecule has 0 aliphatic rings. The van der Waals surface area contributed by atoms with Crippen molar-refractivity contribution in [1.82, 2.24) is 0 Å². The second-order valence-corrected chi connectivity index (χ2v) is 2.37. The quantitative estimate of drug-likeness (QED) is 0.714. The zero-order valence-corrected chi connectivity index (χ0v) is 9.37. The monoisotopic (exact) mass is 250 g/mol. The molecular formula is C7H12O4Zr. The van der Waals surface area contributed by atoms with Gasteiger partial charge in [0.25, 0.3) is 0 Å². The molecule has 0 fully saturated rings. The van der Waals surface area contributed by atoms with E-state index in [0.29, 0.717) is 6.42 Å². The summed E-state index contributed by atoms with van der Waals surface area (Å²) in [5.41, 5.74) is 0. The van der Waals surface area contributed by atoms with Gasteiger partial charge in [-0.1, -0.05) is 19.8 Å². The average molecular weight is 251 g/mol. The number of carboxylic acid groups (broad SMARTS) is 2. The van der Waals surface area contributed by atoms with E-state index in [9.17, 15) is 9.59 Å². The summed E-state index contributed by atoms with van der Waals surface area (Å²) >= 11 is 0. The molecule has 0 unspecified atom stereocenters. The molecule has 0 aromatic heterocycles. The molecule has 0 rings (SSSR count). The van der Waals surface area contributed by atoms with E-state index in [1.165, 1.54) is 0 Å². The van der Waals surface area contributed by atoms with Crippen LogP contribution in [0.2, 0.25) is 0 Å². The topological polar surface area (TPSA) is 74.6 Å². The van der Waals surface area contributed by atoms with Crippen LogP contribution in [0, 0.1) is 5.92 Å². The predicted octanol–water partition coefficient (Wildman–Crippen LogP) is 0.960. The number of carboxylic acids is 2. The smallest absolute Gasteiger partial charge is 0.317 e. The SMILES string of the molecule is CCCCC(C(=O)O)C(=O)O.[Zr]. The fourth-order valence-electron chi connectivity index (χ4n) is 0.761. The van der Waals surface area contributed by atoms with E-state index in [4.69, 9.17) is 10.2 Å². The Morgan fingerprint density at radius 1 is 1.25 bits per heavy atom. The largest absolute Gasteiger partial charge is 0.481 e. The van der Waals surface area contributed by atoms with Gasteiger partial charge in [-0.3, -0.25) is 9.59 Å².